The minimum atomic E-state index is 0.197. The Morgan fingerprint density at radius 1 is 1.32 bits per heavy atom. The molecule has 1 saturated carbocycles. The normalized spacial score (nSPS) is 28.9. The monoisotopic (exact) mass is 268 g/mol. The maximum absolute atomic E-state index is 5.71. The van der Waals surface area contributed by atoms with Crippen LogP contribution in [-0.4, -0.2) is 50.3 Å². The van der Waals surface area contributed by atoms with E-state index in [-0.39, 0.29) is 5.54 Å². The number of nitrogens with one attached hydrogen (secondary N) is 1. The molecule has 0 aromatic heterocycles. The predicted molar refractivity (Wildman–Crippen MR) is 80.5 cm³/mol. The molecule has 1 N–H and O–H groups in total. The van der Waals surface area contributed by atoms with E-state index in [1.807, 2.05) is 0 Å². The fourth-order valence-electron chi connectivity index (χ4n) is 3.18. The predicted octanol–water partition coefficient (Wildman–Crippen LogP) is 2.51. The van der Waals surface area contributed by atoms with Gasteiger partial charge in [-0.1, -0.05) is 6.42 Å². The van der Waals surface area contributed by atoms with Crippen LogP contribution < -0.4 is 5.32 Å². The van der Waals surface area contributed by atoms with Crippen molar-refractivity contribution in [2.24, 2.45) is 11.3 Å². The summed E-state index contributed by atoms with van der Waals surface area (Å²) in [5.74, 6) is 0.958. The summed E-state index contributed by atoms with van der Waals surface area (Å²) in [7, 11) is 2.29. The van der Waals surface area contributed by atoms with Gasteiger partial charge in [-0.05, 0) is 53.0 Å². The fraction of sp³-hybridized carbons (Fsp3) is 1.00. The Hall–Kier alpha value is -0.120. The first-order valence-electron chi connectivity index (χ1n) is 7.90. The molecule has 19 heavy (non-hydrogen) atoms. The standard InChI is InChI=1S/C16H32N2O/c1-15(2,3)17-11-16(8-9-19-13-16)12-18(4)10-14-6-5-7-14/h14,17H,5-13H2,1-4H3. The van der Waals surface area contributed by atoms with Crippen LogP contribution in [0.5, 0.6) is 0 Å². The Morgan fingerprint density at radius 2 is 2.05 bits per heavy atom. The van der Waals surface area contributed by atoms with E-state index in [1.165, 1.54) is 38.8 Å². The molecule has 1 unspecified atom stereocenters. The van der Waals surface area contributed by atoms with Crippen molar-refractivity contribution in [3.05, 3.63) is 0 Å². The van der Waals surface area contributed by atoms with Crippen molar-refractivity contribution in [3.8, 4) is 0 Å². The zero-order valence-electron chi connectivity index (χ0n) is 13.3. The molecular formula is C16H32N2O. The summed E-state index contributed by atoms with van der Waals surface area (Å²) in [5, 5.41) is 3.68. The van der Waals surface area contributed by atoms with Crippen molar-refractivity contribution in [2.75, 3.05) is 39.9 Å². The van der Waals surface area contributed by atoms with Crippen molar-refractivity contribution < 1.29 is 4.74 Å². The number of nitrogens with zero attached hydrogens (tertiary/aromatic N) is 1. The Kier molecular flexibility index (Phi) is 4.91. The van der Waals surface area contributed by atoms with Gasteiger partial charge in [0.15, 0.2) is 0 Å². The van der Waals surface area contributed by atoms with Gasteiger partial charge in [-0.15, -0.1) is 0 Å². The second-order valence-electron chi connectivity index (χ2n) is 7.90. The molecule has 0 radical (unpaired) electrons. The van der Waals surface area contributed by atoms with Gasteiger partial charge in [0.2, 0.25) is 0 Å². The van der Waals surface area contributed by atoms with E-state index < -0.39 is 0 Å². The molecule has 0 aromatic carbocycles. The van der Waals surface area contributed by atoms with Crippen molar-refractivity contribution in [3.63, 3.8) is 0 Å². The molecule has 1 saturated heterocycles. The van der Waals surface area contributed by atoms with Crippen LogP contribution in [0.25, 0.3) is 0 Å². The van der Waals surface area contributed by atoms with E-state index in [0.717, 1.165) is 25.7 Å². The summed E-state index contributed by atoms with van der Waals surface area (Å²) < 4.78 is 5.71. The van der Waals surface area contributed by atoms with Gasteiger partial charge < -0.3 is 15.0 Å². The SMILES string of the molecule is CN(CC1CCC1)CC1(CNC(C)(C)C)CCOC1. The summed E-state index contributed by atoms with van der Waals surface area (Å²) in [6.45, 7) is 12.1. The lowest BCUT2D eigenvalue weighted by molar-refractivity contribution is 0.0980. The molecule has 0 bridgehead atoms. The van der Waals surface area contributed by atoms with Crippen LogP contribution in [0.4, 0.5) is 0 Å². The van der Waals surface area contributed by atoms with Gasteiger partial charge in [0.1, 0.15) is 0 Å². The van der Waals surface area contributed by atoms with E-state index in [4.69, 9.17) is 4.74 Å². The number of rotatable bonds is 6. The summed E-state index contributed by atoms with van der Waals surface area (Å²) in [5.41, 5.74) is 0.522. The molecule has 2 aliphatic rings. The van der Waals surface area contributed by atoms with E-state index in [9.17, 15) is 0 Å². The highest BCUT2D eigenvalue weighted by Crippen LogP contribution is 2.32. The largest absolute Gasteiger partial charge is 0.381 e. The highest BCUT2D eigenvalue weighted by Gasteiger charge is 2.37. The molecule has 112 valence electrons. The van der Waals surface area contributed by atoms with E-state index in [2.05, 4.69) is 38.0 Å². The van der Waals surface area contributed by atoms with Crippen molar-refractivity contribution in [2.45, 2.75) is 52.0 Å². The number of hydrogen-bond donors (Lipinski definition) is 1. The van der Waals surface area contributed by atoms with Crippen LogP contribution in [0.2, 0.25) is 0 Å². The molecule has 1 aliphatic carbocycles. The van der Waals surface area contributed by atoms with Crippen molar-refractivity contribution in [1.82, 2.24) is 10.2 Å². The average molecular weight is 268 g/mol. The van der Waals surface area contributed by atoms with Crippen LogP contribution >= 0.6 is 0 Å². The third-order valence-electron chi connectivity index (χ3n) is 4.58. The van der Waals surface area contributed by atoms with Crippen LogP contribution in [-0.2, 0) is 4.74 Å². The second kappa shape index (κ2) is 6.11. The lowest BCUT2D eigenvalue weighted by atomic mass is 9.83. The Balaban J connectivity index is 1.83. The van der Waals surface area contributed by atoms with Crippen LogP contribution in [0.15, 0.2) is 0 Å². The van der Waals surface area contributed by atoms with Gasteiger partial charge in [-0.2, -0.15) is 0 Å². The smallest absolute Gasteiger partial charge is 0.0547 e. The molecule has 1 heterocycles. The summed E-state index contributed by atoms with van der Waals surface area (Å²) in [6, 6.07) is 0. The fourth-order valence-corrected chi connectivity index (χ4v) is 3.18. The molecule has 0 spiro atoms. The molecular weight excluding hydrogens is 236 g/mol. The van der Waals surface area contributed by atoms with E-state index in [1.54, 1.807) is 0 Å². The first-order valence-corrected chi connectivity index (χ1v) is 7.90. The van der Waals surface area contributed by atoms with Crippen molar-refractivity contribution >= 4 is 0 Å². The highest BCUT2D eigenvalue weighted by atomic mass is 16.5. The molecule has 3 heteroatoms. The average Bonchev–Trinajstić information content (AvgIpc) is 2.69. The number of hydrogen-bond acceptors (Lipinski definition) is 3. The molecule has 2 fully saturated rings. The second-order valence-corrected chi connectivity index (χ2v) is 7.90. The first-order chi connectivity index (χ1) is 8.89. The van der Waals surface area contributed by atoms with Crippen molar-refractivity contribution in [1.29, 1.82) is 0 Å². The lowest BCUT2D eigenvalue weighted by Crippen LogP contribution is -2.49. The summed E-state index contributed by atoms with van der Waals surface area (Å²) in [4.78, 5) is 2.54. The Morgan fingerprint density at radius 3 is 2.53 bits per heavy atom. The minimum absolute atomic E-state index is 0.197. The molecule has 1 atom stereocenters. The molecule has 3 nitrogen and oxygen atoms in total. The van der Waals surface area contributed by atoms with Crippen LogP contribution in [0.3, 0.4) is 0 Å². The van der Waals surface area contributed by atoms with Crippen LogP contribution in [0.1, 0.15) is 46.5 Å². The molecule has 1 aliphatic heterocycles. The first kappa shape index (κ1) is 15.3. The Bertz CT molecular complexity index is 275. The van der Waals surface area contributed by atoms with Crippen LogP contribution in [0, 0.1) is 11.3 Å². The van der Waals surface area contributed by atoms with Gasteiger partial charge in [0, 0.05) is 37.2 Å². The summed E-state index contributed by atoms with van der Waals surface area (Å²) in [6.07, 6.45) is 5.52. The minimum Gasteiger partial charge on any atom is -0.381 e. The number of ether oxygens (including phenoxy) is 1. The van der Waals surface area contributed by atoms with E-state index in [0.29, 0.717) is 5.41 Å². The third-order valence-corrected chi connectivity index (χ3v) is 4.58. The summed E-state index contributed by atoms with van der Waals surface area (Å²) >= 11 is 0. The zero-order valence-corrected chi connectivity index (χ0v) is 13.3. The molecule has 2 rings (SSSR count). The van der Waals surface area contributed by atoms with Gasteiger partial charge in [-0.3, -0.25) is 0 Å². The zero-order chi connectivity index (χ0) is 13.9. The molecule has 0 aromatic rings. The molecule has 0 amide bonds. The third kappa shape index (κ3) is 4.73. The highest BCUT2D eigenvalue weighted by molar-refractivity contribution is 4.90. The van der Waals surface area contributed by atoms with E-state index >= 15 is 0 Å². The Labute approximate surface area is 119 Å². The maximum atomic E-state index is 5.71. The topological polar surface area (TPSA) is 24.5 Å². The van der Waals surface area contributed by atoms with Gasteiger partial charge >= 0.3 is 0 Å². The lowest BCUT2D eigenvalue weighted by Gasteiger charge is -2.38. The van der Waals surface area contributed by atoms with Gasteiger partial charge in [0.05, 0.1) is 6.61 Å². The van der Waals surface area contributed by atoms with Gasteiger partial charge in [-0.25, -0.2) is 0 Å². The quantitative estimate of drug-likeness (QED) is 0.801. The van der Waals surface area contributed by atoms with Gasteiger partial charge in [0.25, 0.3) is 0 Å². The maximum Gasteiger partial charge on any atom is 0.0547 e.